The molecule has 2 heterocycles. The summed E-state index contributed by atoms with van der Waals surface area (Å²) in [5.41, 5.74) is 4.35. The molecule has 5 nitrogen and oxygen atoms in total. The van der Waals surface area contributed by atoms with Crippen LogP contribution < -0.4 is 10.6 Å². The van der Waals surface area contributed by atoms with Crippen molar-refractivity contribution in [3.8, 4) is 0 Å². The van der Waals surface area contributed by atoms with Crippen LogP contribution in [-0.4, -0.2) is 36.3 Å². The lowest BCUT2D eigenvalue weighted by Crippen LogP contribution is -2.52. The number of aryl methyl sites for hydroxylation is 2. The number of benzene rings is 1. The molecule has 1 aromatic heterocycles. The molecule has 2 N–H and O–H groups in total. The molecular weight excluding hydrogens is 346 g/mol. The van der Waals surface area contributed by atoms with E-state index in [0.29, 0.717) is 13.1 Å². The van der Waals surface area contributed by atoms with Crippen LogP contribution in [0, 0.1) is 27.7 Å². The van der Waals surface area contributed by atoms with Gasteiger partial charge in [0.2, 0.25) is 11.8 Å². The average Bonchev–Trinajstić information content (AvgIpc) is 2.83. The molecule has 1 saturated heterocycles. The number of piperazine rings is 1. The number of anilines is 1. The van der Waals surface area contributed by atoms with E-state index in [2.05, 4.69) is 24.5 Å². The van der Waals surface area contributed by atoms with Crippen LogP contribution in [0.4, 0.5) is 5.00 Å². The van der Waals surface area contributed by atoms with Gasteiger partial charge in [0, 0.05) is 18.0 Å². The molecule has 6 heteroatoms. The van der Waals surface area contributed by atoms with Gasteiger partial charge >= 0.3 is 0 Å². The largest absolute Gasteiger partial charge is 0.353 e. The van der Waals surface area contributed by atoms with Gasteiger partial charge < -0.3 is 10.6 Å². The Morgan fingerprint density at radius 2 is 1.96 bits per heavy atom. The third kappa shape index (κ3) is 3.66. The highest BCUT2D eigenvalue weighted by Crippen LogP contribution is 2.31. The normalized spacial score (nSPS) is 17.8. The van der Waals surface area contributed by atoms with Crippen molar-refractivity contribution < 1.29 is 9.59 Å². The zero-order valence-electron chi connectivity index (χ0n) is 15.7. The second-order valence-electron chi connectivity index (χ2n) is 6.81. The fraction of sp³-hybridized carbons (Fsp3) is 0.400. The molecule has 2 aromatic rings. The smallest absolute Gasteiger partial charge is 0.242 e. The molecule has 0 aliphatic carbocycles. The summed E-state index contributed by atoms with van der Waals surface area (Å²) in [7, 11) is 0. The number of carbonyl (C=O) groups excluding carboxylic acids is 2. The fourth-order valence-electron chi connectivity index (χ4n) is 3.33. The summed E-state index contributed by atoms with van der Waals surface area (Å²) in [5.74, 6) is -0.125. The maximum absolute atomic E-state index is 12.6. The second kappa shape index (κ2) is 7.60. The SMILES string of the molecule is Cc1ccccc1C1C(=O)NCCN1CC(=O)Nc1sc(C)c(C)c1C. The van der Waals surface area contributed by atoms with E-state index in [0.717, 1.165) is 21.7 Å². The summed E-state index contributed by atoms with van der Waals surface area (Å²) in [6, 6.07) is 7.43. The van der Waals surface area contributed by atoms with Gasteiger partial charge in [0.05, 0.1) is 11.5 Å². The Balaban J connectivity index is 1.78. The Morgan fingerprint density at radius 3 is 2.62 bits per heavy atom. The lowest BCUT2D eigenvalue weighted by molar-refractivity contribution is -0.130. The molecule has 3 rings (SSSR count). The Labute approximate surface area is 158 Å². The van der Waals surface area contributed by atoms with Crippen LogP contribution in [-0.2, 0) is 9.59 Å². The monoisotopic (exact) mass is 371 g/mol. The van der Waals surface area contributed by atoms with Crippen LogP contribution in [0.2, 0.25) is 0 Å². The molecule has 0 saturated carbocycles. The van der Waals surface area contributed by atoms with Crippen molar-refractivity contribution >= 4 is 28.2 Å². The number of amides is 2. The van der Waals surface area contributed by atoms with Gasteiger partial charge in [0.15, 0.2) is 0 Å². The predicted octanol–water partition coefficient (Wildman–Crippen LogP) is 3.09. The average molecular weight is 372 g/mol. The first-order valence-electron chi connectivity index (χ1n) is 8.82. The Bertz CT molecular complexity index is 844. The number of thiophene rings is 1. The topological polar surface area (TPSA) is 61.4 Å². The van der Waals surface area contributed by atoms with Crippen molar-refractivity contribution in [1.82, 2.24) is 10.2 Å². The molecule has 1 aliphatic rings. The molecule has 1 aliphatic heterocycles. The van der Waals surface area contributed by atoms with Crippen LogP contribution in [0.25, 0.3) is 0 Å². The van der Waals surface area contributed by atoms with Crippen LogP contribution in [0.5, 0.6) is 0 Å². The van der Waals surface area contributed by atoms with Gasteiger partial charge in [-0.2, -0.15) is 0 Å². The molecule has 1 fully saturated rings. The van der Waals surface area contributed by atoms with Gasteiger partial charge in [0.1, 0.15) is 6.04 Å². The highest BCUT2D eigenvalue weighted by molar-refractivity contribution is 7.16. The standard InChI is InChI=1S/C20H25N3O2S/c1-12-7-5-6-8-16(12)18-19(25)21-9-10-23(18)11-17(24)22-20-14(3)13(2)15(4)26-20/h5-8,18H,9-11H2,1-4H3,(H,21,25)(H,22,24). The maximum Gasteiger partial charge on any atom is 0.242 e. The molecule has 0 spiro atoms. The van der Waals surface area contributed by atoms with E-state index < -0.39 is 6.04 Å². The van der Waals surface area contributed by atoms with E-state index in [-0.39, 0.29) is 18.4 Å². The van der Waals surface area contributed by atoms with Gasteiger partial charge in [-0.1, -0.05) is 24.3 Å². The van der Waals surface area contributed by atoms with Crippen LogP contribution in [0.3, 0.4) is 0 Å². The molecule has 0 radical (unpaired) electrons. The van der Waals surface area contributed by atoms with Crippen LogP contribution in [0.15, 0.2) is 24.3 Å². The van der Waals surface area contributed by atoms with Gasteiger partial charge in [-0.3, -0.25) is 14.5 Å². The lowest BCUT2D eigenvalue weighted by Gasteiger charge is -2.35. The highest BCUT2D eigenvalue weighted by atomic mass is 32.1. The van der Waals surface area contributed by atoms with Crippen molar-refractivity contribution in [1.29, 1.82) is 0 Å². The first-order valence-corrected chi connectivity index (χ1v) is 9.64. The number of carbonyl (C=O) groups is 2. The highest BCUT2D eigenvalue weighted by Gasteiger charge is 2.33. The van der Waals surface area contributed by atoms with E-state index in [1.54, 1.807) is 11.3 Å². The van der Waals surface area contributed by atoms with Crippen molar-refractivity contribution in [2.75, 3.05) is 25.0 Å². The van der Waals surface area contributed by atoms with Crippen LogP contribution >= 0.6 is 11.3 Å². The third-order valence-electron chi connectivity index (χ3n) is 5.08. The van der Waals surface area contributed by atoms with Crippen molar-refractivity contribution in [3.05, 3.63) is 51.4 Å². The first kappa shape index (κ1) is 18.6. The quantitative estimate of drug-likeness (QED) is 0.868. The number of rotatable bonds is 4. The molecule has 0 bridgehead atoms. The molecule has 1 atom stereocenters. The number of nitrogens with one attached hydrogen (secondary N) is 2. The minimum Gasteiger partial charge on any atom is -0.353 e. The zero-order chi connectivity index (χ0) is 18.8. The fourth-order valence-corrected chi connectivity index (χ4v) is 4.41. The van der Waals surface area contributed by atoms with Gasteiger partial charge in [0.25, 0.3) is 0 Å². The number of nitrogens with zero attached hydrogens (tertiary/aromatic N) is 1. The molecule has 26 heavy (non-hydrogen) atoms. The van der Waals surface area contributed by atoms with Crippen molar-refractivity contribution in [2.45, 2.75) is 33.7 Å². The van der Waals surface area contributed by atoms with Crippen molar-refractivity contribution in [2.24, 2.45) is 0 Å². The summed E-state index contributed by atoms with van der Waals surface area (Å²) in [6.45, 7) is 9.56. The third-order valence-corrected chi connectivity index (χ3v) is 6.31. The molecule has 2 amide bonds. The second-order valence-corrected chi connectivity index (χ2v) is 8.03. The minimum atomic E-state index is -0.427. The Hall–Kier alpha value is -2.18. The Kier molecular flexibility index (Phi) is 5.44. The van der Waals surface area contributed by atoms with Gasteiger partial charge in [-0.05, 0) is 49.9 Å². The molecule has 1 unspecified atom stereocenters. The summed E-state index contributed by atoms with van der Waals surface area (Å²) in [4.78, 5) is 28.3. The predicted molar refractivity (Wildman–Crippen MR) is 106 cm³/mol. The number of hydrogen-bond donors (Lipinski definition) is 2. The Morgan fingerprint density at radius 1 is 1.23 bits per heavy atom. The number of hydrogen-bond acceptors (Lipinski definition) is 4. The maximum atomic E-state index is 12.6. The first-order chi connectivity index (χ1) is 12.4. The summed E-state index contributed by atoms with van der Waals surface area (Å²) >= 11 is 1.60. The van der Waals surface area contributed by atoms with E-state index in [1.165, 1.54) is 10.4 Å². The summed E-state index contributed by atoms with van der Waals surface area (Å²) < 4.78 is 0. The van der Waals surface area contributed by atoms with E-state index in [9.17, 15) is 9.59 Å². The lowest BCUT2D eigenvalue weighted by atomic mass is 9.98. The molecule has 138 valence electrons. The van der Waals surface area contributed by atoms with Crippen molar-refractivity contribution in [3.63, 3.8) is 0 Å². The molecular formula is C20H25N3O2S. The zero-order valence-corrected chi connectivity index (χ0v) is 16.5. The summed E-state index contributed by atoms with van der Waals surface area (Å²) in [5, 5.41) is 6.85. The summed E-state index contributed by atoms with van der Waals surface area (Å²) in [6.07, 6.45) is 0. The van der Waals surface area contributed by atoms with E-state index >= 15 is 0 Å². The van der Waals surface area contributed by atoms with E-state index in [4.69, 9.17) is 0 Å². The van der Waals surface area contributed by atoms with Gasteiger partial charge in [-0.25, -0.2) is 0 Å². The van der Waals surface area contributed by atoms with Gasteiger partial charge in [-0.15, -0.1) is 11.3 Å². The van der Waals surface area contributed by atoms with E-state index in [1.807, 2.05) is 43.0 Å². The van der Waals surface area contributed by atoms with Crippen LogP contribution in [0.1, 0.15) is 33.2 Å². The molecule has 1 aromatic carbocycles. The minimum absolute atomic E-state index is 0.0441.